The number of hydrogen-bond donors (Lipinski definition) is 2. The minimum atomic E-state index is -0.815. The fraction of sp³-hybridized carbons (Fsp3) is 0.857. The lowest BCUT2D eigenvalue weighted by Crippen LogP contribution is -2.43. The molecule has 0 heterocycles. The van der Waals surface area contributed by atoms with E-state index >= 15 is 0 Å². The van der Waals surface area contributed by atoms with E-state index in [1.54, 1.807) is 0 Å². The van der Waals surface area contributed by atoms with Gasteiger partial charge in [0.05, 0.1) is 11.8 Å². The van der Waals surface area contributed by atoms with Gasteiger partial charge in [-0.1, -0.05) is 25.7 Å². The van der Waals surface area contributed by atoms with Crippen LogP contribution in [0.4, 0.5) is 0 Å². The molecule has 2 fully saturated rings. The molecule has 0 aromatic rings. The molecule has 3 unspecified atom stereocenters. The van der Waals surface area contributed by atoms with Crippen molar-refractivity contribution >= 4 is 11.9 Å². The molecule has 2 aliphatic rings. The van der Waals surface area contributed by atoms with Gasteiger partial charge in [0.25, 0.3) is 0 Å². The molecule has 102 valence electrons. The number of nitrogens with one attached hydrogen (secondary N) is 1. The summed E-state index contributed by atoms with van der Waals surface area (Å²) < 4.78 is 0. The Morgan fingerprint density at radius 3 is 2.33 bits per heavy atom. The van der Waals surface area contributed by atoms with E-state index in [2.05, 4.69) is 5.32 Å². The van der Waals surface area contributed by atoms with Gasteiger partial charge in [-0.15, -0.1) is 0 Å². The van der Waals surface area contributed by atoms with E-state index in [0.717, 1.165) is 31.6 Å². The molecule has 4 heteroatoms. The first-order valence-corrected chi connectivity index (χ1v) is 7.11. The van der Waals surface area contributed by atoms with Crippen molar-refractivity contribution in [3.63, 3.8) is 0 Å². The highest BCUT2D eigenvalue weighted by Crippen LogP contribution is 2.34. The molecule has 2 rings (SSSR count). The predicted molar refractivity (Wildman–Crippen MR) is 68.0 cm³/mol. The Bertz CT molecular complexity index is 325. The summed E-state index contributed by atoms with van der Waals surface area (Å²) in [6, 6.07) is 0.182. The average molecular weight is 253 g/mol. The van der Waals surface area contributed by atoms with Gasteiger partial charge in [-0.25, -0.2) is 0 Å². The lowest BCUT2D eigenvalue weighted by atomic mass is 9.78. The summed E-state index contributed by atoms with van der Waals surface area (Å²) in [4.78, 5) is 23.3. The molecule has 3 atom stereocenters. The lowest BCUT2D eigenvalue weighted by molar-refractivity contribution is -0.149. The monoisotopic (exact) mass is 253 g/mol. The van der Waals surface area contributed by atoms with Crippen LogP contribution in [0.5, 0.6) is 0 Å². The molecule has 0 aromatic heterocycles. The summed E-state index contributed by atoms with van der Waals surface area (Å²) in [6.07, 6.45) is 6.86. The van der Waals surface area contributed by atoms with Crippen LogP contribution in [0.3, 0.4) is 0 Å². The molecule has 0 spiro atoms. The van der Waals surface area contributed by atoms with Gasteiger partial charge in [0.2, 0.25) is 5.91 Å². The van der Waals surface area contributed by atoms with Crippen LogP contribution in [-0.4, -0.2) is 23.0 Å². The third-order valence-corrected chi connectivity index (χ3v) is 4.19. The number of rotatable bonds is 5. The minimum absolute atomic E-state index is 0.0461. The Morgan fingerprint density at radius 1 is 1.17 bits per heavy atom. The predicted octanol–water partition coefficient (Wildman–Crippen LogP) is 2.18. The molecule has 2 aliphatic carbocycles. The maximum absolute atomic E-state index is 12.2. The number of hydrogen-bond acceptors (Lipinski definition) is 2. The fourth-order valence-corrected chi connectivity index (χ4v) is 3.00. The Kier molecular flexibility index (Phi) is 4.25. The molecule has 1 amide bonds. The average Bonchev–Trinajstić information content (AvgIpc) is 3.12. The summed E-state index contributed by atoms with van der Waals surface area (Å²) in [5.41, 5.74) is 0. The number of carboxylic acid groups (broad SMARTS) is 1. The van der Waals surface area contributed by atoms with E-state index in [0.29, 0.717) is 6.42 Å². The lowest BCUT2D eigenvalue weighted by Gasteiger charge is -2.28. The van der Waals surface area contributed by atoms with E-state index in [-0.39, 0.29) is 17.9 Å². The van der Waals surface area contributed by atoms with Crippen LogP contribution >= 0.6 is 0 Å². The molecule has 2 saturated carbocycles. The molecule has 0 saturated heterocycles. The number of amides is 1. The number of carboxylic acids is 1. The zero-order valence-corrected chi connectivity index (χ0v) is 11.0. The largest absolute Gasteiger partial charge is 0.481 e. The molecular weight excluding hydrogens is 230 g/mol. The molecule has 0 bridgehead atoms. The van der Waals surface area contributed by atoms with Crippen LogP contribution in [0.25, 0.3) is 0 Å². The standard InChI is InChI=1S/C14H23NO3/c1-9(8-10-6-7-10)15-13(16)11-4-2-3-5-12(11)14(17)18/h9-12H,2-8H2,1H3,(H,15,16)(H,17,18). The third kappa shape index (κ3) is 3.47. The maximum Gasteiger partial charge on any atom is 0.307 e. The Balaban J connectivity index is 1.86. The van der Waals surface area contributed by atoms with E-state index in [1.807, 2.05) is 6.92 Å². The normalized spacial score (nSPS) is 29.6. The molecule has 0 aliphatic heterocycles. The summed E-state index contributed by atoms with van der Waals surface area (Å²) >= 11 is 0. The zero-order valence-electron chi connectivity index (χ0n) is 11.0. The van der Waals surface area contributed by atoms with E-state index in [4.69, 9.17) is 5.11 Å². The summed E-state index contributed by atoms with van der Waals surface area (Å²) in [7, 11) is 0. The molecule has 0 radical (unpaired) electrons. The first-order valence-electron chi connectivity index (χ1n) is 7.11. The third-order valence-electron chi connectivity index (χ3n) is 4.19. The molecular formula is C14H23NO3. The molecule has 0 aromatic carbocycles. The van der Waals surface area contributed by atoms with Crippen molar-refractivity contribution < 1.29 is 14.7 Å². The van der Waals surface area contributed by atoms with Gasteiger partial charge in [0.15, 0.2) is 0 Å². The minimum Gasteiger partial charge on any atom is -0.481 e. The van der Waals surface area contributed by atoms with Crippen LogP contribution in [0.15, 0.2) is 0 Å². The number of aliphatic carboxylic acids is 1. The second-order valence-electron chi connectivity index (χ2n) is 5.92. The Labute approximate surface area is 108 Å². The van der Waals surface area contributed by atoms with E-state index in [9.17, 15) is 9.59 Å². The summed E-state index contributed by atoms with van der Waals surface area (Å²) in [6.45, 7) is 2.02. The van der Waals surface area contributed by atoms with Crippen molar-refractivity contribution in [2.24, 2.45) is 17.8 Å². The van der Waals surface area contributed by atoms with Gasteiger partial charge >= 0.3 is 5.97 Å². The number of carbonyl (C=O) groups is 2. The first kappa shape index (κ1) is 13.4. The SMILES string of the molecule is CC(CC1CC1)NC(=O)C1CCCCC1C(=O)O. The second kappa shape index (κ2) is 5.72. The van der Waals surface area contributed by atoms with Crippen molar-refractivity contribution in [3.8, 4) is 0 Å². The van der Waals surface area contributed by atoms with Crippen LogP contribution in [0.2, 0.25) is 0 Å². The fourth-order valence-electron chi connectivity index (χ4n) is 3.00. The van der Waals surface area contributed by atoms with Crippen LogP contribution < -0.4 is 5.32 Å². The van der Waals surface area contributed by atoms with E-state index < -0.39 is 11.9 Å². The van der Waals surface area contributed by atoms with Crippen molar-refractivity contribution in [2.75, 3.05) is 0 Å². The summed E-state index contributed by atoms with van der Waals surface area (Å²) in [5, 5.41) is 12.2. The first-order chi connectivity index (χ1) is 8.58. The topological polar surface area (TPSA) is 66.4 Å². The maximum atomic E-state index is 12.2. The molecule has 2 N–H and O–H groups in total. The second-order valence-corrected chi connectivity index (χ2v) is 5.92. The van der Waals surface area contributed by atoms with Gasteiger partial charge < -0.3 is 10.4 Å². The van der Waals surface area contributed by atoms with Crippen molar-refractivity contribution in [1.82, 2.24) is 5.32 Å². The van der Waals surface area contributed by atoms with Gasteiger partial charge in [-0.2, -0.15) is 0 Å². The molecule has 4 nitrogen and oxygen atoms in total. The van der Waals surface area contributed by atoms with Crippen LogP contribution in [-0.2, 0) is 9.59 Å². The highest BCUT2D eigenvalue weighted by Gasteiger charge is 2.36. The quantitative estimate of drug-likeness (QED) is 0.789. The van der Waals surface area contributed by atoms with Crippen molar-refractivity contribution in [3.05, 3.63) is 0 Å². The van der Waals surface area contributed by atoms with Gasteiger partial charge in [-0.3, -0.25) is 9.59 Å². The van der Waals surface area contributed by atoms with Crippen LogP contribution in [0, 0.1) is 17.8 Å². The van der Waals surface area contributed by atoms with Gasteiger partial charge in [-0.05, 0) is 32.1 Å². The van der Waals surface area contributed by atoms with Gasteiger partial charge in [0.1, 0.15) is 0 Å². The Hall–Kier alpha value is -1.06. The summed E-state index contributed by atoms with van der Waals surface area (Å²) in [5.74, 6) is -0.883. The van der Waals surface area contributed by atoms with Crippen LogP contribution in [0.1, 0.15) is 51.9 Å². The Morgan fingerprint density at radius 2 is 1.78 bits per heavy atom. The van der Waals surface area contributed by atoms with Crippen molar-refractivity contribution in [2.45, 2.75) is 57.9 Å². The van der Waals surface area contributed by atoms with E-state index in [1.165, 1.54) is 12.8 Å². The smallest absolute Gasteiger partial charge is 0.307 e. The highest BCUT2D eigenvalue weighted by atomic mass is 16.4. The van der Waals surface area contributed by atoms with Crippen molar-refractivity contribution in [1.29, 1.82) is 0 Å². The highest BCUT2D eigenvalue weighted by molar-refractivity contribution is 5.85. The zero-order chi connectivity index (χ0) is 13.1. The molecule has 18 heavy (non-hydrogen) atoms. The number of carbonyl (C=O) groups excluding carboxylic acids is 1. The van der Waals surface area contributed by atoms with Gasteiger partial charge in [0, 0.05) is 6.04 Å².